The fourth-order valence-corrected chi connectivity index (χ4v) is 4.67. The smallest absolute Gasteiger partial charge is 0.249 e. The summed E-state index contributed by atoms with van der Waals surface area (Å²) in [7, 11) is 0. The van der Waals surface area contributed by atoms with Crippen LogP contribution in [0.1, 0.15) is 42.9 Å². The number of H-pyrrole nitrogens is 2. The highest BCUT2D eigenvalue weighted by atomic mass is 16.1. The molecule has 2 aliphatic carbocycles. The number of rotatable bonds is 2. The van der Waals surface area contributed by atoms with Crippen molar-refractivity contribution in [1.29, 1.82) is 5.26 Å². The maximum absolute atomic E-state index is 11.9. The number of aromatic nitrogens is 3. The van der Waals surface area contributed by atoms with Crippen molar-refractivity contribution < 1.29 is 0 Å². The standard InChI is InChI=1S/C16H18N4O/c1-8-15-13(7-14(21)18-16(15)20-19-8)12-6-10-5-11(12)4-9(10)2-3-17/h7,9-12H,2,4-6H2,1H3,(H2,18,19,20,21)/t9-,10+,11-,12-/m1/s1. The zero-order valence-corrected chi connectivity index (χ0v) is 12.0. The topological polar surface area (TPSA) is 85.3 Å². The Labute approximate surface area is 122 Å². The van der Waals surface area contributed by atoms with E-state index >= 15 is 0 Å². The molecule has 2 N–H and O–H groups in total. The average molecular weight is 282 g/mol. The molecule has 5 nitrogen and oxygen atoms in total. The van der Waals surface area contributed by atoms with Crippen LogP contribution in [0, 0.1) is 36.0 Å². The second kappa shape index (κ2) is 4.45. The number of nitriles is 1. The summed E-state index contributed by atoms with van der Waals surface area (Å²) >= 11 is 0. The van der Waals surface area contributed by atoms with Gasteiger partial charge in [0.2, 0.25) is 5.56 Å². The number of pyridine rings is 1. The van der Waals surface area contributed by atoms with E-state index in [0.717, 1.165) is 29.5 Å². The van der Waals surface area contributed by atoms with Gasteiger partial charge in [0, 0.05) is 23.6 Å². The van der Waals surface area contributed by atoms with Gasteiger partial charge in [-0.3, -0.25) is 9.89 Å². The van der Waals surface area contributed by atoms with Gasteiger partial charge in [0.25, 0.3) is 0 Å². The number of aromatic amines is 2. The van der Waals surface area contributed by atoms with Crippen LogP contribution < -0.4 is 5.56 Å². The molecule has 2 fully saturated rings. The first kappa shape index (κ1) is 12.6. The van der Waals surface area contributed by atoms with E-state index in [1.54, 1.807) is 6.07 Å². The lowest BCUT2D eigenvalue weighted by atomic mass is 9.77. The third kappa shape index (κ3) is 1.82. The molecule has 0 aromatic carbocycles. The van der Waals surface area contributed by atoms with Gasteiger partial charge in [-0.25, -0.2) is 0 Å². The van der Waals surface area contributed by atoms with Gasteiger partial charge >= 0.3 is 0 Å². The van der Waals surface area contributed by atoms with E-state index in [0.29, 0.717) is 35.7 Å². The first-order chi connectivity index (χ1) is 10.2. The summed E-state index contributed by atoms with van der Waals surface area (Å²) in [4.78, 5) is 14.7. The Morgan fingerprint density at radius 1 is 1.38 bits per heavy atom. The van der Waals surface area contributed by atoms with Crippen LogP contribution in [0.5, 0.6) is 0 Å². The molecule has 0 amide bonds. The number of nitrogens with zero attached hydrogens (tertiary/aromatic N) is 2. The molecule has 0 aliphatic heterocycles. The first-order valence-electron chi connectivity index (χ1n) is 7.62. The Kier molecular flexibility index (Phi) is 2.68. The molecule has 5 heteroatoms. The summed E-state index contributed by atoms with van der Waals surface area (Å²) in [6.45, 7) is 2.00. The summed E-state index contributed by atoms with van der Waals surface area (Å²) in [6.07, 6.45) is 4.14. The Balaban J connectivity index is 1.75. The molecular weight excluding hydrogens is 264 g/mol. The second-order valence-corrected chi connectivity index (χ2v) is 6.62. The molecule has 0 spiro atoms. The minimum absolute atomic E-state index is 0.0691. The van der Waals surface area contributed by atoms with E-state index in [2.05, 4.69) is 21.3 Å². The average Bonchev–Trinajstić information content (AvgIpc) is 3.13. The summed E-state index contributed by atoms with van der Waals surface area (Å²) in [5.41, 5.74) is 2.78. The van der Waals surface area contributed by atoms with Crippen LogP contribution in [-0.4, -0.2) is 15.2 Å². The monoisotopic (exact) mass is 282 g/mol. The summed E-state index contributed by atoms with van der Waals surface area (Å²) in [5, 5.41) is 17.2. The molecule has 0 unspecified atom stereocenters. The number of hydrogen-bond donors (Lipinski definition) is 2. The van der Waals surface area contributed by atoms with Crippen LogP contribution in [-0.2, 0) is 0 Å². The van der Waals surface area contributed by atoms with Crippen LogP contribution in [0.25, 0.3) is 11.0 Å². The second-order valence-electron chi connectivity index (χ2n) is 6.62. The summed E-state index contributed by atoms with van der Waals surface area (Å²) in [5.74, 6) is 2.29. The van der Waals surface area contributed by atoms with Crippen LogP contribution in [0.3, 0.4) is 0 Å². The van der Waals surface area contributed by atoms with Crippen LogP contribution in [0.15, 0.2) is 10.9 Å². The van der Waals surface area contributed by atoms with Crippen LogP contribution >= 0.6 is 0 Å². The summed E-state index contributed by atoms with van der Waals surface area (Å²) in [6, 6.07) is 4.08. The van der Waals surface area contributed by atoms with Crippen molar-refractivity contribution in [2.24, 2.45) is 17.8 Å². The molecule has 2 aliphatic rings. The van der Waals surface area contributed by atoms with Crippen molar-refractivity contribution in [2.75, 3.05) is 0 Å². The lowest BCUT2D eigenvalue weighted by molar-refractivity contribution is 0.310. The molecule has 2 aromatic rings. The highest BCUT2D eigenvalue weighted by Gasteiger charge is 2.46. The number of aryl methyl sites for hydroxylation is 1. The van der Waals surface area contributed by atoms with Crippen molar-refractivity contribution >= 4 is 11.0 Å². The molecule has 0 saturated heterocycles. The van der Waals surface area contributed by atoms with Crippen LogP contribution in [0.4, 0.5) is 0 Å². The molecule has 2 heterocycles. The van der Waals surface area contributed by atoms with Gasteiger partial charge in [0.15, 0.2) is 5.65 Å². The van der Waals surface area contributed by atoms with Crippen molar-refractivity contribution in [2.45, 2.75) is 38.5 Å². The Morgan fingerprint density at radius 3 is 2.95 bits per heavy atom. The van der Waals surface area contributed by atoms with E-state index in [4.69, 9.17) is 5.26 Å². The quantitative estimate of drug-likeness (QED) is 0.887. The van der Waals surface area contributed by atoms with Gasteiger partial charge in [0.1, 0.15) is 0 Å². The predicted octanol–water partition coefficient (Wildman–Crippen LogP) is 2.60. The Bertz CT molecular complexity index is 797. The van der Waals surface area contributed by atoms with E-state index in [9.17, 15) is 4.79 Å². The van der Waals surface area contributed by atoms with Crippen LogP contribution in [0.2, 0.25) is 0 Å². The maximum atomic E-state index is 11.9. The lowest BCUT2D eigenvalue weighted by Gasteiger charge is -2.27. The highest BCUT2D eigenvalue weighted by Crippen LogP contribution is 2.57. The van der Waals surface area contributed by atoms with Gasteiger partial charge in [-0.05, 0) is 55.4 Å². The van der Waals surface area contributed by atoms with Crippen molar-refractivity contribution in [3.63, 3.8) is 0 Å². The molecule has 2 bridgehead atoms. The maximum Gasteiger partial charge on any atom is 0.249 e. The fraction of sp³-hybridized carbons (Fsp3) is 0.562. The Hall–Kier alpha value is -2.09. The number of fused-ring (bicyclic) bond motifs is 3. The third-order valence-electron chi connectivity index (χ3n) is 5.52. The molecule has 2 saturated carbocycles. The van der Waals surface area contributed by atoms with E-state index in [-0.39, 0.29) is 5.56 Å². The van der Waals surface area contributed by atoms with E-state index < -0.39 is 0 Å². The highest BCUT2D eigenvalue weighted by molar-refractivity contribution is 5.82. The van der Waals surface area contributed by atoms with Gasteiger partial charge in [-0.15, -0.1) is 0 Å². The van der Waals surface area contributed by atoms with Crippen molar-refractivity contribution in [3.05, 3.63) is 27.7 Å². The zero-order valence-electron chi connectivity index (χ0n) is 12.0. The molecule has 21 heavy (non-hydrogen) atoms. The molecular formula is C16H18N4O. The minimum atomic E-state index is -0.0691. The normalized spacial score (nSPS) is 30.9. The Morgan fingerprint density at radius 2 is 2.24 bits per heavy atom. The fourth-order valence-electron chi connectivity index (χ4n) is 4.67. The minimum Gasteiger partial charge on any atom is -0.305 e. The van der Waals surface area contributed by atoms with E-state index in [1.807, 2.05) is 6.92 Å². The first-order valence-corrected chi connectivity index (χ1v) is 7.62. The SMILES string of the molecule is Cc1[nH]nc2[nH]c(=O)cc([C@@H]3C[C@@H]4C[C@H]3C[C@H]4CC#N)c12. The predicted molar refractivity (Wildman–Crippen MR) is 78.7 cm³/mol. The zero-order chi connectivity index (χ0) is 14.6. The van der Waals surface area contributed by atoms with Crippen molar-refractivity contribution in [1.82, 2.24) is 15.2 Å². The van der Waals surface area contributed by atoms with Gasteiger partial charge < -0.3 is 4.98 Å². The lowest BCUT2D eigenvalue weighted by Crippen LogP contribution is -2.18. The van der Waals surface area contributed by atoms with Gasteiger partial charge in [0.05, 0.1) is 6.07 Å². The van der Waals surface area contributed by atoms with Crippen molar-refractivity contribution in [3.8, 4) is 6.07 Å². The molecule has 4 atom stereocenters. The number of nitrogens with one attached hydrogen (secondary N) is 2. The molecule has 4 rings (SSSR count). The molecule has 0 radical (unpaired) electrons. The van der Waals surface area contributed by atoms with E-state index in [1.165, 1.54) is 6.42 Å². The summed E-state index contributed by atoms with van der Waals surface area (Å²) < 4.78 is 0. The molecule has 2 aromatic heterocycles. The van der Waals surface area contributed by atoms with Gasteiger partial charge in [-0.2, -0.15) is 10.4 Å². The van der Waals surface area contributed by atoms with Gasteiger partial charge in [-0.1, -0.05) is 0 Å². The third-order valence-corrected chi connectivity index (χ3v) is 5.52. The molecule has 108 valence electrons. The number of hydrogen-bond acceptors (Lipinski definition) is 3. The largest absolute Gasteiger partial charge is 0.305 e.